The predicted molar refractivity (Wildman–Crippen MR) is 64.6 cm³/mol. The van der Waals surface area contributed by atoms with E-state index in [0.717, 1.165) is 6.08 Å². The zero-order valence-corrected chi connectivity index (χ0v) is 10.4. The minimum Gasteiger partial charge on any atom is -0.383 e. The molecule has 17 heavy (non-hydrogen) atoms. The summed E-state index contributed by atoms with van der Waals surface area (Å²) in [7, 11) is -0.313. The van der Waals surface area contributed by atoms with E-state index in [1.165, 1.54) is 18.3 Å². The quantitative estimate of drug-likeness (QED) is 0.798. The van der Waals surface area contributed by atoms with Gasteiger partial charge in [0.05, 0.1) is 4.90 Å². The highest BCUT2D eigenvalue weighted by Gasteiger charge is 2.15. The molecule has 0 aliphatic carbocycles. The summed E-state index contributed by atoms with van der Waals surface area (Å²) < 4.78 is 25.4. The monoisotopic (exact) mass is 254 g/mol. The van der Waals surface area contributed by atoms with Crippen LogP contribution in [0, 0.1) is 0 Å². The molecule has 5 nitrogen and oxygen atoms in total. The van der Waals surface area contributed by atoms with Gasteiger partial charge in [-0.3, -0.25) is 4.79 Å². The third-order valence-electron chi connectivity index (χ3n) is 1.81. The van der Waals surface area contributed by atoms with Crippen LogP contribution in [0.25, 0.3) is 0 Å². The van der Waals surface area contributed by atoms with Crippen molar-refractivity contribution in [3.05, 3.63) is 42.6 Å². The molecule has 0 saturated heterocycles. The van der Waals surface area contributed by atoms with Crippen LogP contribution in [-0.2, 0) is 14.8 Å². The average molecular weight is 254 g/mol. The number of hydrogen-bond acceptors (Lipinski definition) is 4. The SMILES string of the molecule is CN(C)C=CC(=O)NS(=O)(=O)c1ccccc1. The molecule has 1 rings (SSSR count). The van der Waals surface area contributed by atoms with Gasteiger partial charge in [-0.15, -0.1) is 0 Å². The first-order chi connectivity index (χ1) is 7.92. The molecule has 0 unspecified atom stereocenters. The van der Waals surface area contributed by atoms with Gasteiger partial charge in [0.25, 0.3) is 15.9 Å². The summed E-state index contributed by atoms with van der Waals surface area (Å²) in [5.74, 6) is -0.678. The zero-order chi connectivity index (χ0) is 12.9. The number of nitrogens with zero attached hydrogens (tertiary/aromatic N) is 1. The smallest absolute Gasteiger partial charge is 0.264 e. The molecule has 0 fully saturated rings. The highest BCUT2D eigenvalue weighted by atomic mass is 32.2. The number of carbonyl (C=O) groups is 1. The maximum absolute atomic E-state index is 11.7. The van der Waals surface area contributed by atoms with E-state index in [-0.39, 0.29) is 4.90 Å². The molecule has 0 radical (unpaired) electrons. The summed E-state index contributed by atoms with van der Waals surface area (Å²) in [6.07, 6.45) is 2.62. The Morgan fingerprint density at radius 2 is 1.82 bits per heavy atom. The number of amides is 1. The van der Waals surface area contributed by atoms with Gasteiger partial charge < -0.3 is 4.90 Å². The molecule has 0 saturated carbocycles. The van der Waals surface area contributed by atoms with E-state index in [2.05, 4.69) is 0 Å². The molecule has 1 amide bonds. The molecule has 0 atom stereocenters. The lowest BCUT2D eigenvalue weighted by Gasteiger charge is -2.05. The molecule has 0 bridgehead atoms. The van der Waals surface area contributed by atoms with Gasteiger partial charge in [-0.2, -0.15) is 0 Å². The lowest BCUT2D eigenvalue weighted by molar-refractivity contribution is -0.114. The first-order valence-electron chi connectivity index (χ1n) is 4.88. The first-order valence-corrected chi connectivity index (χ1v) is 6.36. The van der Waals surface area contributed by atoms with Crippen molar-refractivity contribution in [2.45, 2.75) is 4.90 Å². The number of nitrogens with one attached hydrogen (secondary N) is 1. The molecule has 0 aliphatic heterocycles. The second-order valence-corrected chi connectivity index (χ2v) is 5.24. The fourth-order valence-corrected chi connectivity index (χ4v) is 2.01. The van der Waals surface area contributed by atoms with Crippen LogP contribution in [0.2, 0.25) is 0 Å². The highest BCUT2D eigenvalue weighted by Crippen LogP contribution is 2.06. The van der Waals surface area contributed by atoms with Crippen LogP contribution < -0.4 is 4.72 Å². The molecule has 1 aromatic carbocycles. The molecule has 0 aromatic heterocycles. The summed E-state index contributed by atoms with van der Waals surface area (Å²) in [4.78, 5) is 13.0. The Balaban J connectivity index is 2.78. The van der Waals surface area contributed by atoms with Crippen LogP contribution in [0.15, 0.2) is 47.5 Å². The van der Waals surface area contributed by atoms with E-state index in [1.54, 1.807) is 37.2 Å². The van der Waals surface area contributed by atoms with E-state index >= 15 is 0 Å². The van der Waals surface area contributed by atoms with Crippen molar-refractivity contribution >= 4 is 15.9 Å². The number of hydrogen-bond donors (Lipinski definition) is 1. The van der Waals surface area contributed by atoms with E-state index in [4.69, 9.17) is 0 Å². The second-order valence-electron chi connectivity index (χ2n) is 3.56. The first kappa shape index (κ1) is 13.2. The van der Waals surface area contributed by atoms with E-state index in [9.17, 15) is 13.2 Å². The minimum absolute atomic E-state index is 0.0617. The summed E-state index contributed by atoms with van der Waals surface area (Å²) in [6, 6.07) is 7.73. The van der Waals surface area contributed by atoms with Crippen molar-refractivity contribution in [2.75, 3.05) is 14.1 Å². The largest absolute Gasteiger partial charge is 0.383 e. The van der Waals surface area contributed by atoms with E-state index in [0.29, 0.717) is 0 Å². The van der Waals surface area contributed by atoms with Crippen LogP contribution in [0.4, 0.5) is 0 Å². The maximum atomic E-state index is 11.7. The molecular formula is C11H14N2O3S. The van der Waals surface area contributed by atoms with Crippen LogP contribution in [0.1, 0.15) is 0 Å². The summed E-state index contributed by atoms with van der Waals surface area (Å²) >= 11 is 0. The summed E-state index contributed by atoms with van der Waals surface area (Å²) in [6.45, 7) is 0. The Bertz CT molecular complexity index is 507. The fraction of sp³-hybridized carbons (Fsp3) is 0.182. The number of carbonyl (C=O) groups excluding carboxylic acids is 1. The molecule has 1 N–H and O–H groups in total. The van der Waals surface area contributed by atoms with Gasteiger partial charge in [-0.25, -0.2) is 13.1 Å². The topological polar surface area (TPSA) is 66.5 Å². The lowest BCUT2D eigenvalue weighted by atomic mass is 10.4. The van der Waals surface area contributed by atoms with Gasteiger partial charge >= 0.3 is 0 Å². The number of sulfonamides is 1. The van der Waals surface area contributed by atoms with E-state index < -0.39 is 15.9 Å². The predicted octanol–water partition coefficient (Wildman–Crippen LogP) is 0.567. The van der Waals surface area contributed by atoms with Crippen molar-refractivity contribution in [1.29, 1.82) is 0 Å². The van der Waals surface area contributed by atoms with Crippen molar-refractivity contribution in [3.8, 4) is 0 Å². The van der Waals surface area contributed by atoms with Gasteiger partial charge in [-0.1, -0.05) is 18.2 Å². The van der Waals surface area contributed by atoms with E-state index in [1.807, 2.05) is 4.72 Å². The Kier molecular flexibility index (Phi) is 4.28. The third kappa shape index (κ3) is 4.28. The Morgan fingerprint density at radius 3 is 2.35 bits per heavy atom. The molecule has 1 aromatic rings. The molecule has 0 heterocycles. The molecule has 0 aliphatic rings. The van der Waals surface area contributed by atoms with Gasteiger partial charge in [0, 0.05) is 26.4 Å². The Labute approximate surface area is 101 Å². The van der Waals surface area contributed by atoms with Gasteiger partial charge in [-0.05, 0) is 12.1 Å². The average Bonchev–Trinajstić information content (AvgIpc) is 2.27. The van der Waals surface area contributed by atoms with Crippen molar-refractivity contribution in [1.82, 2.24) is 9.62 Å². The van der Waals surface area contributed by atoms with Gasteiger partial charge in [0.15, 0.2) is 0 Å². The van der Waals surface area contributed by atoms with Crippen LogP contribution >= 0.6 is 0 Å². The standard InChI is InChI=1S/C11H14N2O3S/c1-13(2)9-8-11(14)12-17(15,16)10-6-4-3-5-7-10/h3-9H,1-2H3,(H,12,14). The lowest BCUT2D eigenvalue weighted by Crippen LogP contribution is -2.29. The Hall–Kier alpha value is -1.82. The maximum Gasteiger partial charge on any atom is 0.264 e. The van der Waals surface area contributed by atoms with Gasteiger partial charge in [0.1, 0.15) is 0 Å². The normalized spacial score (nSPS) is 11.4. The van der Waals surface area contributed by atoms with Crippen molar-refractivity contribution in [3.63, 3.8) is 0 Å². The minimum atomic E-state index is -3.78. The molecular weight excluding hydrogens is 240 g/mol. The number of rotatable bonds is 4. The van der Waals surface area contributed by atoms with Crippen molar-refractivity contribution < 1.29 is 13.2 Å². The van der Waals surface area contributed by atoms with Crippen LogP contribution in [0.5, 0.6) is 0 Å². The van der Waals surface area contributed by atoms with Gasteiger partial charge in [0.2, 0.25) is 0 Å². The van der Waals surface area contributed by atoms with Crippen molar-refractivity contribution in [2.24, 2.45) is 0 Å². The number of benzene rings is 1. The molecule has 6 heteroatoms. The zero-order valence-electron chi connectivity index (χ0n) is 9.62. The fourth-order valence-electron chi connectivity index (χ4n) is 1.04. The molecule has 0 spiro atoms. The molecule has 92 valence electrons. The summed E-state index contributed by atoms with van der Waals surface area (Å²) in [5, 5.41) is 0. The highest BCUT2D eigenvalue weighted by molar-refractivity contribution is 7.90. The Morgan fingerprint density at radius 1 is 1.24 bits per heavy atom. The van der Waals surface area contributed by atoms with Crippen LogP contribution in [-0.4, -0.2) is 33.3 Å². The van der Waals surface area contributed by atoms with Crippen LogP contribution in [0.3, 0.4) is 0 Å². The summed E-state index contributed by atoms with van der Waals surface area (Å²) in [5.41, 5.74) is 0. The second kappa shape index (κ2) is 5.49. The third-order valence-corrected chi connectivity index (χ3v) is 3.18.